The smallest absolute Gasteiger partial charge is 0.309 e. The van der Waals surface area contributed by atoms with Gasteiger partial charge in [0.2, 0.25) is 0 Å². The molecule has 0 fully saturated rings. The van der Waals surface area contributed by atoms with Gasteiger partial charge in [-0.2, -0.15) is 26.3 Å². The molecule has 596 valence electrons. The maximum Gasteiger partial charge on any atom is 0.416 e. The van der Waals surface area contributed by atoms with Gasteiger partial charge in [-0.25, -0.2) is 19.9 Å². The molecule has 0 aliphatic heterocycles. The highest BCUT2D eigenvalue weighted by Gasteiger charge is 2.35. The van der Waals surface area contributed by atoms with Gasteiger partial charge in [0, 0.05) is 98.7 Å². The number of benzene rings is 16. The van der Waals surface area contributed by atoms with Crippen LogP contribution in [0, 0.1) is 27.7 Å². The second kappa shape index (κ2) is 30.3. The summed E-state index contributed by atoms with van der Waals surface area (Å²) in [5.74, 6) is 1.17. The van der Waals surface area contributed by atoms with Crippen molar-refractivity contribution in [1.29, 1.82) is 0 Å². The van der Waals surface area contributed by atoms with E-state index < -0.39 is 23.5 Å². The number of alkyl halides is 6. The first-order chi connectivity index (χ1) is 60.4. The van der Waals surface area contributed by atoms with Gasteiger partial charge in [-0.15, -0.1) is 0 Å². The molecule has 0 radical (unpaired) electrons. The van der Waals surface area contributed by atoms with Crippen molar-refractivity contribution >= 4 is 87.2 Å². The van der Waals surface area contributed by atoms with Crippen LogP contribution in [0.15, 0.2) is 376 Å². The molecule has 0 amide bonds. The van der Waals surface area contributed by atoms with Crippen LogP contribution in [-0.2, 0) is 12.4 Å². The third-order valence-corrected chi connectivity index (χ3v) is 23.8. The summed E-state index contributed by atoms with van der Waals surface area (Å²) in [5.41, 5.74) is 25.4. The maximum atomic E-state index is 14.4. The first-order valence-electron chi connectivity index (χ1n) is 41.1. The lowest BCUT2D eigenvalue weighted by molar-refractivity contribution is -0.138. The Balaban J connectivity index is 0.000000153. The van der Waals surface area contributed by atoms with E-state index in [1.165, 1.54) is 68.0 Å². The molecule has 6 heterocycles. The lowest BCUT2D eigenvalue weighted by Crippen LogP contribution is -2.06. The Labute approximate surface area is 709 Å². The van der Waals surface area contributed by atoms with Crippen LogP contribution < -0.4 is 0 Å². The van der Waals surface area contributed by atoms with Gasteiger partial charge in [0.25, 0.3) is 0 Å². The second-order valence-electron chi connectivity index (χ2n) is 31.7. The molecule has 0 atom stereocenters. The summed E-state index contributed by atoms with van der Waals surface area (Å²) < 4.78 is 95.0. The van der Waals surface area contributed by atoms with Crippen molar-refractivity contribution in [3.05, 3.63) is 409 Å². The zero-order chi connectivity index (χ0) is 84.2. The first kappa shape index (κ1) is 75.9. The Bertz CT molecular complexity index is 7880. The summed E-state index contributed by atoms with van der Waals surface area (Å²) >= 11 is 0. The number of hydrogen-bond acceptors (Lipinski definition) is 4. The van der Waals surface area contributed by atoms with Crippen molar-refractivity contribution in [2.75, 3.05) is 0 Å². The molecular weight excluding hydrogens is 1550 g/mol. The molecule has 22 rings (SSSR count). The normalized spacial score (nSPS) is 12.0. The minimum atomic E-state index is -4.57. The molecule has 0 aliphatic rings. The van der Waals surface area contributed by atoms with E-state index in [9.17, 15) is 26.3 Å². The number of para-hydroxylation sites is 4. The summed E-state index contributed by atoms with van der Waals surface area (Å²) in [6.45, 7) is 8.16. The fraction of sp³-hybridized carbons (Fsp3) is 0.0545. The molecule has 0 saturated carbocycles. The molecule has 8 nitrogen and oxygen atoms in total. The lowest BCUT2D eigenvalue weighted by atomic mass is 9.93. The molecule has 6 aromatic heterocycles. The quantitative estimate of drug-likeness (QED) is 0.114. The molecule has 0 saturated heterocycles. The fourth-order valence-electron chi connectivity index (χ4n) is 18.2. The van der Waals surface area contributed by atoms with E-state index >= 15 is 0 Å². The highest BCUT2D eigenvalue weighted by molar-refractivity contribution is 6.15. The van der Waals surface area contributed by atoms with E-state index in [4.69, 9.17) is 19.9 Å². The van der Waals surface area contributed by atoms with E-state index in [0.29, 0.717) is 94.7 Å². The van der Waals surface area contributed by atoms with Gasteiger partial charge in [0.15, 0.2) is 11.6 Å². The van der Waals surface area contributed by atoms with Gasteiger partial charge in [-0.3, -0.25) is 0 Å². The Morgan fingerprint density at radius 2 is 0.460 bits per heavy atom. The third-order valence-electron chi connectivity index (χ3n) is 23.8. The number of aromatic nitrogens is 8. The average molecular weight is 1620 g/mol. The lowest BCUT2D eigenvalue weighted by Gasteiger charge is -2.22. The monoisotopic (exact) mass is 1620 g/mol. The zero-order valence-electron chi connectivity index (χ0n) is 67.6. The van der Waals surface area contributed by atoms with E-state index in [1.54, 1.807) is 0 Å². The Kier molecular flexibility index (Phi) is 18.6. The number of halogens is 6. The summed E-state index contributed by atoms with van der Waals surface area (Å²) in [5, 5.41) is 7.13. The molecule has 22 aromatic rings. The molecule has 0 aliphatic carbocycles. The number of rotatable bonds is 12. The molecule has 124 heavy (non-hydrogen) atoms. The maximum absolute atomic E-state index is 14.4. The predicted octanol–water partition coefficient (Wildman–Crippen LogP) is 29.9. The first-order valence-corrected chi connectivity index (χ1v) is 41.1. The predicted molar refractivity (Wildman–Crippen MR) is 494 cm³/mol. The summed E-state index contributed by atoms with van der Waals surface area (Å²) in [6.07, 6.45) is -9.13. The second-order valence-corrected chi connectivity index (χ2v) is 31.7. The van der Waals surface area contributed by atoms with Crippen LogP contribution in [0.5, 0.6) is 0 Å². The molecular formula is C110H74F6N8. The van der Waals surface area contributed by atoms with Crippen LogP contribution in [-0.4, -0.2) is 38.2 Å². The molecule has 0 bridgehead atoms. The van der Waals surface area contributed by atoms with Crippen LogP contribution >= 0.6 is 0 Å². The van der Waals surface area contributed by atoms with Crippen molar-refractivity contribution in [3.63, 3.8) is 0 Å². The van der Waals surface area contributed by atoms with Crippen molar-refractivity contribution in [3.8, 4) is 113 Å². The van der Waals surface area contributed by atoms with Gasteiger partial charge < -0.3 is 18.3 Å². The average Bonchev–Trinajstić information content (AvgIpc) is 1.57. The van der Waals surface area contributed by atoms with E-state index in [0.717, 1.165) is 96.0 Å². The fourth-order valence-corrected chi connectivity index (χ4v) is 18.2. The van der Waals surface area contributed by atoms with Crippen LogP contribution in [0.1, 0.15) is 33.4 Å². The summed E-state index contributed by atoms with van der Waals surface area (Å²) in [4.78, 5) is 20.9. The minimum absolute atomic E-state index is 0.436. The zero-order valence-corrected chi connectivity index (χ0v) is 67.6. The Morgan fingerprint density at radius 3 is 0.815 bits per heavy atom. The molecule has 0 N–H and O–H groups in total. The summed E-state index contributed by atoms with van der Waals surface area (Å²) in [7, 11) is 0. The van der Waals surface area contributed by atoms with Crippen LogP contribution in [0.3, 0.4) is 0 Å². The number of hydrogen-bond donors (Lipinski definition) is 0. The Hall–Kier alpha value is -15.5. The van der Waals surface area contributed by atoms with Crippen LogP contribution in [0.4, 0.5) is 26.3 Å². The molecule has 16 aromatic carbocycles. The largest absolute Gasteiger partial charge is 0.416 e. The molecule has 14 heteroatoms. The number of fused-ring (bicyclic) bond motifs is 12. The molecule has 0 spiro atoms. The van der Waals surface area contributed by atoms with Gasteiger partial charge >= 0.3 is 12.4 Å². The highest BCUT2D eigenvalue weighted by Crippen LogP contribution is 2.50. The van der Waals surface area contributed by atoms with Crippen molar-refractivity contribution < 1.29 is 26.3 Å². The van der Waals surface area contributed by atoms with E-state index in [2.05, 4.69) is 193 Å². The summed E-state index contributed by atoms with van der Waals surface area (Å²) in [6, 6.07) is 124. The Morgan fingerprint density at radius 1 is 0.202 bits per heavy atom. The van der Waals surface area contributed by atoms with Crippen molar-refractivity contribution in [2.45, 2.75) is 40.0 Å². The minimum Gasteiger partial charge on any atom is -0.309 e. The topological polar surface area (TPSA) is 71.3 Å². The van der Waals surface area contributed by atoms with Gasteiger partial charge in [-0.05, 0) is 161 Å². The number of aryl methyl sites for hydroxylation is 4. The van der Waals surface area contributed by atoms with Gasteiger partial charge in [-0.1, -0.05) is 265 Å². The highest BCUT2D eigenvalue weighted by atomic mass is 19.4. The third kappa shape index (κ3) is 13.3. The van der Waals surface area contributed by atoms with E-state index in [-0.39, 0.29) is 0 Å². The molecule has 0 unspecified atom stereocenters. The standard InChI is InChI=1S/C56H36F6N4.C54H38N4/c1-33-20-24-48-41(28-33)43-30-37(55(57,58)59)22-26-50(43)65(48)47-18-10-9-16-40(47)53-39(46-32-45(35-12-5-3-6-13-35)63-54(64-46)36-14-7-4-8-15-36)17-11-19-52(53)66-49-25-21-34(2)29-42(49)44-31-38(56(60,61)62)23-27-51(44)66;1-35-28-30-50-43(32-35)39-20-9-12-24-47(39)57(50)49-26-14-11-22-42(49)53-41(46-34-45(37-16-5-3-6-17-37)55-54(56-46)38-18-7-4-8-19-38)23-15-27-52(53)58-48-25-13-10-21-40(48)44-33-36(2)29-31-51(44)58/h3-32H,1-2H3;3-34H,1-2H3. The van der Waals surface area contributed by atoms with Crippen LogP contribution in [0.2, 0.25) is 0 Å². The van der Waals surface area contributed by atoms with Gasteiger partial charge in [0.1, 0.15) is 0 Å². The number of nitrogens with zero attached hydrogens (tertiary/aromatic N) is 8. The van der Waals surface area contributed by atoms with Crippen molar-refractivity contribution in [2.24, 2.45) is 0 Å². The van der Waals surface area contributed by atoms with Gasteiger partial charge in [0.05, 0.1) is 101 Å². The van der Waals surface area contributed by atoms with Crippen LogP contribution in [0.25, 0.3) is 200 Å². The van der Waals surface area contributed by atoms with E-state index in [1.807, 2.05) is 193 Å². The van der Waals surface area contributed by atoms with Crippen molar-refractivity contribution in [1.82, 2.24) is 38.2 Å². The SMILES string of the molecule is Cc1ccc2c(c1)c1cc(C(F)(F)F)ccc1n2-c1ccccc1-c1c(-c2cc(-c3ccccc3)nc(-c3ccccc3)n2)cccc1-n1c2ccc(C)cc2c2cc(C(F)(F)F)ccc21.Cc1ccc2c(c1)c1ccccc1n2-c1ccccc1-c1c(-c2cc(-c3ccccc3)nc(-c3ccccc3)n2)cccc1-n1c2ccccc2c2cc(C)ccc21.